The van der Waals surface area contributed by atoms with Gasteiger partial charge >= 0.3 is 5.97 Å². The van der Waals surface area contributed by atoms with Crippen molar-refractivity contribution in [2.45, 2.75) is 26.2 Å². The minimum absolute atomic E-state index is 0.0561. The largest absolute Gasteiger partial charge is 0.422 e. The summed E-state index contributed by atoms with van der Waals surface area (Å²) in [6.45, 7) is 6.56. The highest BCUT2D eigenvalue weighted by molar-refractivity contribution is 6.06. The molecular weight excluding hydrogens is 490 g/mol. The van der Waals surface area contributed by atoms with E-state index in [-0.39, 0.29) is 11.4 Å². The second-order valence-corrected chi connectivity index (χ2v) is 11.1. The monoisotopic (exact) mass is 521 g/mol. The zero-order valence-electron chi connectivity index (χ0n) is 23.0. The first-order chi connectivity index (χ1) is 19.4. The molecule has 1 aliphatic heterocycles. The lowest BCUT2D eigenvalue weighted by Crippen LogP contribution is -2.10. The van der Waals surface area contributed by atoms with Gasteiger partial charge in [-0.2, -0.15) is 0 Å². The van der Waals surface area contributed by atoms with E-state index in [0.717, 1.165) is 39.3 Å². The van der Waals surface area contributed by atoms with Crippen LogP contribution in [0.25, 0.3) is 40.0 Å². The molecule has 2 heterocycles. The predicted octanol–water partition coefficient (Wildman–Crippen LogP) is 9.09. The van der Waals surface area contributed by atoms with E-state index in [2.05, 4.69) is 79.9 Å². The van der Waals surface area contributed by atoms with Gasteiger partial charge in [-0.3, -0.25) is 0 Å². The molecule has 0 saturated heterocycles. The van der Waals surface area contributed by atoms with Crippen LogP contribution in [0.15, 0.2) is 133 Å². The summed E-state index contributed by atoms with van der Waals surface area (Å²) < 4.78 is 8.03. The number of carbonyl (C=O) groups is 1. The quantitative estimate of drug-likeness (QED) is 0.171. The molecule has 0 N–H and O–H groups in total. The smallest absolute Gasteiger partial charge is 0.343 e. The Bertz CT molecular complexity index is 1720. The maximum atomic E-state index is 13.1. The first kappa shape index (κ1) is 25.4. The number of para-hydroxylation sites is 1. The van der Waals surface area contributed by atoms with Crippen LogP contribution in [0.3, 0.4) is 0 Å². The molecule has 4 aromatic carbocycles. The number of rotatable bonds is 5. The number of aromatic nitrogens is 1. The molecule has 3 heteroatoms. The van der Waals surface area contributed by atoms with E-state index in [9.17, 15) is 4.79 Å². The first-order valence-electron chi connectivity index (χ1n) is 13.6. The zero-order valence-corrected chi connectivity index (χ0v) is 23.0. The fourth-order valence-electron chi connectivity index (χ4n) is 5.13. The van der Waals surface area contributed by atoms with Crippen molar-refractivity contribution in [3.8, 4) is 28.2 Å². The fraction of sp³-hybridized carbons (Fsp3) is 0.108. The molecule has 0 atom stereocenters. The molecule has 0 aliphatic carbocycles. The second-order valence-electron chi connectivity index (χ2n) is 11.1. The average Bonchev–Trinajstić information content (AvgIpc) is 3.54. The Morgan fingerprint density at radius 3 is 1.85 bits per heavy atom. The number of carbonyl (C=O) groups excluding carboxylic acids is 1. The first-order valence-corrected chi connectivity index (χ1v) is 13.6. The van der Waals surface area contributed by atoms with Crippen LogP contribution >= 0.6 is 0 Å². The van der Waals surface area contributed by atoms with Crippen molar-refractivity contribution in [1.29, 1.82) is 0 Å². The van der Waals surface area contributed by atoms with Gasteiger partial charge in [0.05, 0.1) is 17.0 Å². The summed E-state index contributed by atoms with van der Waals surface area (Å²) in [6.07, 6.45) is 3.80. The summed E-state index contributed by atoms with van der Waals surface area (Å²) in [6, 6.07) is 41.4. The standard InChI is InChI=1S/C37H31NO2/c1-37(2,3)31-21-19-27(20-22-31)34-25-30(36(39)40-34)23-29-24-33(26-13-7-4-8-14-26)38(32-17-11-6-12-18-32)35(29)28-15-9-5-10-16-28/h4-25H,1-3H3/b30-23+. The van der Waals surface area contributed by atoms with E-state index in [1.54, 1.807) is 0 Å². The van der Waals surface area contributed by atoms with E-state index in [0.29, 0.717) is 11.3 Å². The Kier molecular flexibility index (Phi) is 6.57. The number of ether oxygens (including phenoxy) is 1. The molecule has 3 nitrogen and oxygen atoms in total. The van der Waals surface area contributed by atoms with Crippen LogP contribution in [0.4, 0.5) is 0 Å². The third kappa shape index (κ3) is 4.94. The van der Waals surface area contributed by atoms with Gasteiger partial charge in [-0.15, -0.1) is 0 Å². The Morgan fingerprint density at radius 2 is 1.25 bits per heavy atom. The van der Waals surface area contributed by atoms with Gasteiger partial charge in [0.2, 0.25) is 0 Å². The fourth-order valence-corrected chi connectivity index (χ4v) is 5.13. The summed E-state index contributed by atoms with van der Waals surface area (Å²) >= 11 is 0. The number of hydrogen-bond donors (Lipinski definition) is 0. The second kappa shape index (κ2) is 10.3. The molecule has 0 radical (unpaired) electrons. The lowest BCUT2D eigenvalue weighted by Gasteiger charge is -2.19. The van der Waals surface area contributed by atoms with Gasteiger partial charge in [0, 0.05) is 16.8 Å². The van der Waals surface area contributed by atoms with E-state index in [4.69, 9.17) is 4.74 Å². The van der Waals surface area contributed by atoms with Crippen LogP contribution in [-0.2, 0) is 14.9 Å². The Morgan fingerprint density at radius 1 is 0.675 bits per heavy atom. The maximum Gasteiger partial charge on any atom is 0.343 e. The summed E-state index contributed by atoms with van der Waals surface area (Å²) in [7, 11) is 0. The summed E-state index contributed by atoms with van der Waals surface area (Å²) in [5, 5.41) is 0. The van der Waals surface area contributed by atoms with Gasteiger partial charge in [0.25, 0.3) is 0 Å². The summed E-state index contributed by atoms with van der Waals surface area (Å²) in [5.41, 5.74) is 8.92. The normalized spacial score (nSPS) is 14.3. The Hall–Kier alpha value is -4.89. The molecule has 0 bridgehead atoms. The molecule has 6 rings (SSSR count). The maximum absolute atomic E-state index is 13.1. The van der Waals surface area contributed by atoms with Gasteiger partial charge in [0.15, 0.2) is 0 Å². The third-order valence-corrected chi connectivity index (χ3v) is 7.23. The van der Waals surface area contributed by atoms with Gasteiger partial charge in [-0.25, -0.2) is 4.79 Å². The minimum Gasteiger partial charge on any atom is -0.422 e. The van der Waals surface area contributed by atoms with Crippen molar-refractivity contribution in [2.75, 3.05) is 0 Å². The van der Waals surface area contributed by atoms with Crippen molar-refractivity contribution >= 4 is 17.8 Å². The van der Waals surface area contributed by atoms with Gasteiger partial charge in [0.1, 0.15) is 5.76 Å². The van der Waals surface area contributed by atoms with Gasteiger partial charge in [-0.1, -0.05) is 124 Å². The third-order valence-electron chi connectivity index (χ3n) is 7.23. The molecule has 5 aromatic rings. The predicted molar refractivity (Wildman–Crippen MR) is 164 cm³/mol. The van der Waals surface area contributed by atoms with Crippen LogP contribution < -0.4 is 0 Å². The molecule has 1 aromatic heterocycles. The van der Waals surface area contributed by atoms with E-state index >= 15 is 0 Å². The van der Waals surface area contributed by atoms with Crippen LogP contribution in [0.5, 0.6) is 0 Å². The van der Waals surface area contributed by atoms with Crippen molar-refractivity contribution in [2.24, 2.45) is 0 Å². The molecule has 0 spiro atoms. The highest BCUT2D eigenvalue weighted by atomic mass is 16.5. The summed E-state index contributed by atoms with van der Waals surface area (Å²) in [4.78, 5) is 13.1. The number of esters is 1. The number of cyclic esters (lactones) is 1. The van der Waals surface area contributed by atoms with Crippen molar-refractivity contribution in [3.63, 3.8) is 0 Å². The van der Waals surface area contributed by atoms with Gasteiger partial charge in [-0.05, 0) is 52.5 Å². The van der Waals surface area contributed by atoms with Crippen LogP contribution in [-0.4, -0.2) is 10.5 Å². The zero-order chi connectivity index (χ0) is 27.7. The van der Waals surface area contributed by atoms with Crippen LogP contribution in [0.1, 0.15) is 37.5 Å². The highest BCUT2D eigenvalue weighted by Crippen LogP contribution is 2.38. The van der Waals surface area contributed by atoms with Gasteiger partial charge < -0.3 is 9.30 Å². The highest BCUT2D eigenvalue weighted by Gasteiger charge is 2.25. The van der Waals surface area contributed by atoms with E-state index in [1.807, 2.05) is 78.9 Å². The van der Waals surface area contributed by atoms with E-state index < -0.39 is 0 Å². The SMILES string of the molecule is CC(C)(C)c1ccc(C2=C/C(=C\c3cc(-c4ccccc4)n(-c4ccccc4)c3-c3ccccc3)C(=O)O2)cc1. The topological polar surface area (TPSA) is 31.2 Å². The van der Waals surface area contributed by atoms with Crippen LogP contribution in [0, 0.1) is 0 Å². The Balaban J connectivity index is 1.52. The van der Waals surface area contributed by atoms with Crippen LogP contribution in [0.2, 0.25) is 0 Å². The average molecular weight is 522 g/mol. The molecule has 0 amide bonds. The van der Waals surface area contributed by atoms with Crippen molar-refractivity contribution in [1.82, 2.24) is 4.57 Å². The molecule has 40 heavy (non-hydrogen) atoms. The molecule has 0 saturated carbocycles. The number of nitrogens with zero attached hydrogens (tertiary/aromatic N) is 1. The number of benzene rings is 4. The van der Waals surface area contributed by atoms with E-state index in [1.165, 1.54) is 5.56 Å². The lowest BCUT2D eigenvalue weighted by atomic mass is 9.86. The lowest BCUT2D eigenvalue weighted by molar-refractivity contribution is -0.130. The molecule has 196 valence electrons. The molecular formula is C37H31NO2. The molecule has 0 fully saturated rings. The molecule has 1 aliphatic rings. The summed E-state index contributed by atoms with van der Waals surface area (Å²) in [5.74, 6) is 0.228. The molecule has 0 unspecified atom stereocenters. The Labute approximate surface area is 235 Å². The number of hydrogen-bond acceptors (Lipinski definition) is 2. The van der Waals surface area contributed by atoms with Crippen molar-refractivity contribution in [3.05, 3.63) is 150 Å². The van der Waals surface area contributed by atoms with Crippen molar-refractivity contribution < 1.29 is 9.53 Å². The minimum atomic E-state index is -0.345.